The topological polar surface area (TPSA) is 86.5 Å². The maximum atomic E-state index is 11.3. The highest BCUT2D eigenvalue weighted by molar-refractivity contribution is 5.92. The summed E-state index contributed by atoms with van der Waals surface area (Å²) in [5.41, 5.74) is 6.99. The lowest BCUT2D eigenvalue weighted by atomic mass is 9.81. The van der Waals surface area contributed by atoms with E-state index >= 15 is 0 Å². The van der Waals surface area contributed by atoms with Crippen LogP contribution in [0.2, 0.25) is 0 Å². The second kappa shape index (κ2) is 7.98. The quantitative estimate of drug-likeness (QED) is 0.839. The van der Waals surface area contributed by atoms with Gasteiger partial charge in [0.05, 0.1) is 13.7 Å². The molecule has 0 aliphatic carbocycles. The lowest BCUT2D eigenvalue weighted by molar-refractivity contribution is 0.0999. The summed E-state index contributed by atoms with van der Waals surface area (Å²) in [5, 5.41) is 3.42. The fourth-order valence-electron chi connectivity index (χ4n) is 3.22. The van der Waals surface area contributed by atoms with Crippen molar-refractivity contribution in [1.29, 1.82) is 0 Å². The van der Waals surface area contributed by atoms with E-state index in [1.54, 1.807) is 19.2 Å². The van der Waals surface area contributed by atoms with E-state index < -0.39 is 5.91 Å². The van der Waals surface area contributed by atoms with Gasteiger partial charge in [0.1, 0.15) is 5.75 Å². The van der Waals surface area contributed by atoms with Crippen LogP contribution in [-0.4, -0.2) is 37.7 Å². The first kappa shape index (κ1) is 17.2. The maximum absolute atomic E-state index is 11.3. The Morgan fingerprint density at radius 2 is 2.12 bits per heavy atom. The zero-order valence-corrected chi connectivity index (χ0v) is 14.3. The number of nitrogens with one attached hydrogen (secondary N) is 1. The summed E-state index contributed by atoms with van der Waals surface area (Å²) < 4.78 is 11.1. The van der Waals surface area contributed by atoms with Gasteiger partial charge in [0.15, 0.2) is 0 Å². The van der Waals surface area contributed by atoms with E-state index in [1.165, 1.54) is 11.8 Å². The Morgan fingerprint density at radius 3 is 2.84 bits per heavy atom. The van der Waals surface area contributed by atoms with Crippen LogP contribution in [0.25, 0.3) is 0 Å². The minimum atomic E-state index is -0.484. The highest BCUT2D eigenvalue weighted by Gasteiger charge is 2.27. The van der Waals surface area contributed by atoms with Crippen LogP contribution in [0.5, 0.6) is 11.6 Å². The number of nitrogens with two attached hydrogens (primary N) is 1. The number of methoxy groups -OCH3 is 1. The SMILES string of the molecule is COc1ccc([C@@H]2CCNC[C@H]2COc2cc(C(N)=O)ccn2)cc1. The number of pyridine rings is 1. The number of aromatic nitrogens is 1. The van der Waals surface area contributed by atoms with Crippen LogP contribution in [0, 0.1) is 5.92 Å². The number of piperidine rings is 1. The zero-order valence-electron chi connectivity index (χ0n) is 14.3. The third-order valence-electron chi connectivity index (χ3n) is 4.62. The Hall–Kier alpha value is -2.60. The molecule has 1 fully saturated rings. The number of rotatable bonds is 6. The molecule has 0 spiro atoms. The second-order valence-electron chi connectivity index (χ2n) is 6.19. The minimum Gasteiger partial charge on any atom is -0.497 e. The van der Waals surface area contributed by atoms with Crippen LogP contribution in [-0.2, 0) is 0 Å². The minimum absolute atomic E-state index is 0.321. The van der Waals surface area contributed by atoms with Crippen molar-refractivity contribution < 1.29 is 14.3 Å². The summed E-state index contributed by atoms with van der Waals surface area (Å²) in [6.07, 6.45) is 2.59. The van der Waals surface area contributed by atoms with Crippen LogP contribution in [0.1, 0.15) is 28.3 Å². The molecule has 1 aromatic carbocycles. The Balaban J connectivity index is 1.68. The predicted molar refractivity (Wildman–Crippen MR) is 95.0 cm³/mol. The molecule has 1 amide bonds. The van der Waals surface area contributed by atoms with E-state index in [0.29, 0.717) is 29.9 Å². The molecule has 2 aromatic rings. The Labute approximate surface area is 147 Å². The van der Waals surface area contributed by atoms with Gasteiger partial charge in [-0.1, -0.05) is 12.1 Å². The number of hydrogen-bond donors (Lipinski definition) is 2. The van der Waals surface area contributed by atoms with Crippen molar-refractivity contribution in [3.05, 3.63) is 53.7 Å². The molecule has 2 heterocycles. The van der Waals surface area contributed by atoms with Gasteiger partial charge in [-0.3, -0.25) is 4.79 Å². The molecule has 25 heavy (non-hydrogen) atoms. The molecule has 0 radical (unpaired) electrons. The average Bonchev–Trinajstić information content (AvgIpc) is 2.67. The summed E-state index contributed by atoms with van der Waals surface area (Å²) in [4.78, 5) is 15.4. The van der Waals surface area contributed by atoms with Gasteiger partial charge in [0, 0.05) is 30.3 Å². The standard InChI is InChI=1S/C19H23N3O3/c1-24-16-4-2-13(3-5-16)17-7-8-21-11-15(17)12-25-18-10-14(19(20)23)6-9-22-18/h2-6,9-10,15,17,21H,7-8,11-12H2,1H3,(H2,20,23)/t15-,17-/m0/s1. The van der Waals surface area contributed by atoms with E-state index in [4.69, 9.17) is 15.2 Å². The smallest absolute Gasteiger partial charge is 0.248 e. The average molecular weight is 341 g/mol. The Morgan fingerprint density at radius 1 is 1.32 bits per heavy atom. The summed E-state index contributed by atoms with van der Waals surface area (Å²) in [6.45, 7) is 2.40. The molecule has 0 saturated carbocycles. The van der Waals surface area contributed by atoms with Crippen LogP contribution in [0.15, 0.2) is 42.6 Å². The number of nitrogens with zero attached hydrogens (tertiary/aromatic N) is 1. The van der Waals surface area contributed by atoms with E-state index in [9.17, 15) is 4.79 Å². The van der Waals surface area contributed by atoms with Crippen LogP contribution >= 0.6 is 0 Å². The van der Waals surface area contributed by atoms with E-state index in [0.717, 1.165) is 25.3 Å². The fraction of sp³-hybridized carbons (Fsp3) is 0.368. The highest BCUT2D eigenvalue weighted by Crippen LogP contribution is 2.31. The Bertz CT molecular complexity index is 718. The van der Waals surface area contributed by atoms with Gasteiger partial charge >= 0.3 is 0 Å². The first-order valence-corrected chi connectivity index (χ1v) is 8.40. The predicted octanol–water partition coefficient (Wildman–Crippen LogP) is 1.96. The number of carbonyl (C=O) groups excluding carboxylic acids is 1. The first-order valence-electron chi connectivity index (χ1n) is 8.40. The summed E-state index contributed by atoms with van der Waals surface area (Å²) in [7, 11) is 1.67. The van der Waals surface area contributed by atoms with Crippen molar-refractivity contribution in [1.82, 2.24) is 10.3 Å². The summed E-state index contributed by atoms with van der Waals surface area (Å²) in [6, 6.07) is 11.4. The molecule has 3 N–H and O–H groups in total. The van der Waals surface area contributed by atoms with Crippen molar-refractivity contribution in [3.8, 4) is 11.6 Å². The summed E-state index contributed by atoms with van der Waals surface area (Å²) in [5.74, 6) is 1.53. The highest BCUT2D eigenvalue weighted by atomic mass is 16.5. The lowest BCUT2D eigenvalue weighted by Crippen LogP contribution is -2.38. The van der Waals surface area contributed by atoms with Gasteiger partial charge in [0.2, 0.25) is 11.8 Å². The lowest BCUT2D eigenvalue weighted by Gasteiger charge is -2.32. The Kier molecular flexibility index (Phi) is 5.50. The number of primary amides is 1. The molecular formula is C19H23N3O3. The number of amides is 1. The van der Waals surface area contributed by atoms with Crippen molar-refractivity contribution in [2.24, 2.45) is 11.7 Å². The van der Waals surface area contributed by atoms with Crippen molar-refractivity contribution in [3.63, 3.8) is 0 Å². The molecule has 1 aliphatic rings. The number of ether oxygens (including phenoxy) is 2. The molecule has 2 atom stereocenters. The number of carbonyl (C=O) groups is 1. The largest absolute Gasteiger partial charge is 0.497 e. The molecule has 3 rings (SSSR count). The first-order chi connectivity index (χ1) is 12.2. The zero-order chi connectivity index (χ0) is 17.6. The molecule has 132 valence electrons. The van der Waals surface area contributed by atoms with Crippen LogP contribution in [0.4, 0.5) is 0 Å². The molecule has 0 bridgehead atoms. The normalized spacial score (nSPS) is 20.0. The van der Waals surface area contributed by atoms with Gasteiger partial charge in [-0.05, 0) is 42.6 Å². The number of hydrogen-bond acceptors (Lipinski definition) is 5. The van der Waals surface area contributed by atoms with Gasteiger partial charge in [-0.15, -0.1) is 0 Å². The third kappa shape index (κ3) is 4.28. The second-order valence-corrected chi connectivity index (χ2v) is 6.19. The molecule has 1 aliphatic heterocycles. The van der Waals surface area contributed by atoms with Crippen molar-refractivity contribution in [2.75, 3.05) is 26.8 Å². The van der Waals surface area contributed by atoms with E-state index in [1.807, 2.05) is 12.1 Å². The van der Waals surface area contributed by atoms with Crippen molar-refractivity contribution >= 4 is 5.91 Å². The maximum Gasteiger partial charge on any atom is 0.248 e. The van der Waals surface area contributed by atoms with E-state index in [2.05, 4.69) is 22.4 Å². The molecule has 0 unspecified atom stereocenters. The third-order valence-corrected chi connectivity index (χ3v) is 4.62. The van der Waals surface area contributed by atoms with E-state index in [-0.39, 0.29) is 0 Å². The summed E-state index contributed by atoms with van der Waals surface area (Å²) >= 11 is 0. The molecule has 1 aromatic heterocycles. The molecular weight excluding hydrogens is 318 g/mol. The van der Waals surface area contributed by atoms with Gasteiger partial charge in [0.25, 0.3) is 0 Å². The molecule has 6 nitrogen and oxygen atoms in total. The fourth-order valence-corrected chi connectivity index (χ4v) is 3.22. The monoisotopic (exact) mass is 341 g/mol. The van der Waals surface area contributed by atoms with Crippen LogP contribution < -0.4 is 20.5 Å². The molecule has 6 heteroatoms. The number of benzene rings is 1. The van der Waals surface area contributed by atoms with Crippen molar-refractivity contribution in [2.45, 2.75) is 12.3 Å². The van der Waals surface area contributed by atoms with Gasteiger partial charge < -0.3 is 20.5 Å². The van der Waals surface area contributed by atoms with Gasteiger partial charge in [-0.25, -0.2) is 4.98 Å². The van der Waals surface area contributed by atoms with Crippen LogP contribution in [0.3, 0.4) is 0 Å². The van der Waals surface area contributed by atoms with Gasteiger partial charge in [-0.2, -0.15) is 0 Å². The molecule has 1 saturated heterocycles.